The molecule has 0 saturated heterocycles. The summed E-state index contributed by atoms with van der Waals surface area (Å²) in [4.78, 5) is 2.82. The van der Waals surface area contributed by atoms with Crippen LogP contribution in [0.5, 0.6) is 5.75 Å². The maximum atomic E-state index is 9.29. The molecule has 0 aliphatic carbocycles. The third-order valence-corrected chi connectivity index (χ3v) is 4.37. The van der Waals surface area contributed by atoms with E-state index in [-0.39, 0.29) is 0 Å². The van der Waals surface area contributed by atoms with Gasteiger partial charge in [-0.05, 0) is 63.4 Å². The van der Waals surface area contributed by atoms with Crippen LogP contribution in [0.15, 0.2) is 36.4 Å². The summed E-state index contributed by atoms with van der Waals surface area (Å²) in [5, 5.41) is 12.9. The van der Waals surface area contributed by atoms with Crippen LogP contribution >= 0.6 is 11.3 Å². The zero-order valence-electron chi connectivity index (χ0n) is 12.4. The first-order valence-electron chi connectivity index (χ1n) is 7.12. The second-order valence-electron chi connectivity index (χ2n) is 5.56. The Kier molecular flexibility index (Phi) is 5.21. The fourth-order valence-electron chi connectivity index (χ4n) is 2.49. The highest BCUT2D eigenvalue weighted by Crippen LogP contribution is 2.17. The molecule has 0 amide bonds. The molecule has 0 bridgehead atoms. The Hall–Kier alpha value is -1.32. The van der Waals surface area contributed by atoms with Crippen LogP contribution in [-0.2, 0) is 12.8 Å². The first-order valence-corrected chi connectivity index (χ1v) is 7.94. The molecule has 3 heteroatoms. The van der Waals surface area contributed by atoms with E-state index in [9.17, 15) is 5.11 Å². The van der Waals surface area contributed by atoms with Crippen molar-refractivity contribution >= 4 is 11.3 Å². The predicted octanol–water partition coefficient (Wildman–Crippen LogP) is 3.91. The summed E-state index contributed by atoms with van der Waals surface area (Å²) in [6.45, 7) is 6.60. The standard InChI is InChI=1S/C17H23NOS/c1-12(10-15-5-7-16(19)8-6-15)18-13(2)11-17-9-4-14(3)20-17/h4-9,12-13,18-19H,10-11H2,1-3H3. The fraction of sp³-hybridized carbons (Fsp3) is 0.412. The topological polar surface area (TPSA) is 32.3 Å². The molecular formula is C17H23NOS. The molecule has 2 atom stereocenters. The average molecular weight is 289 g/mol. The Morgan fingerprint density at radius 3 is 2.25 bits per heavy atom. The second-order valence-corrected chi connectivity index (χ2v) is 6.93. The van der Waals surface area contributed by atoms with E-state index in [1.807, 2.05) is 23.5 Å². The van der Waals surface area contributed by atoms with Gasteiger partial charge in [0.15, 0.2) is 0 Å². The van der Waals surface area contributed by atoms with Gasteiger partial charge in [-0.1, -0.05) is 12.1 Å². The smallest absolute Gasteiger partial charge is 0.115 e. The van der Waals surface area contributed by atoms with Crippen LogP contribution in [-0.4, -0.2) is 17.2 Å². The van der Waals surface area contributed by atoms with Crippen LogP contribution in [0.25, 0.3) is 0 Å². The van der Waals surface area contributed by atoms with E-state index < -0.39 is 0 Å². The largest absolute Gasteiger partial charge is 0.508 e. The number of benzene rings is 1. The maximum Gasteiger partial charge on any atom is 0.115 e. The number of phenols is 1. The lowest BCUT2D eigenvalue weighted by atomic mass is 10.1. The molecule has 20 heavy (non-hydrogen) atoms. The monoisotopic (exact) mass is 289 g/mol. The number of aryl methyl sites for hydroxylation is 1. The Balaban J connectivity index is 1.81. The molecule has 0 saturated carbocycles. The van der Waals surface area contributed by atoms with E-state index in [0.717, 1.165) is 12.8 Å². The van der Waals surface area contributed by atoms with Crippen LogP contribution in [0, 0.1) is 6.92 Å². The van der Waals surface area contributed by atoms with Gasteiger partial charge in [0.1, 0.15) is 5.75 Å². The minimum Gasteiger partial charge on any atom is -0.508 e. The third-order valence-electron chi connectivity index (χ3n) is 3.35. The number of rotatable bonds is 6. The van der Waals surface area contributed by atoms with Crippen molar-refractivity contribution in [2.45, 2.75) is 45.7 Å². The van der Waals surface area contributed by atoms with Crippen molar-refractivity contribution in [3.8, 4) is 5.75 Å². The number of hydrogen-bond donors (Lipinski definition) is 2. The van der Waals surface area contributed by atoms with Crippen molar-refractivity contribution in [3.63, 3.8) is 0 Å². The van der Waals surface area contributed by atoms with Crippen LogP contribution in [0.2, 0.25) is 0 Å². The van der Waals surface area contributed by atoms with Crippen LogP contribution in [0.1, 0.15) is 29.2 Å². The van der Waals surface area contributed by atoms with E-state index in [1.54, 1.807) is 12.1 Å². The first-order chi connectivity index (χ1) is 9.52. The minimum atomic E-state index is 0.329. The van der Waals surface area contributed by atoms with Gasteiger partial charge in [-0.3, -0.25) is 0 Å². The highest BCUT2D eigenvalue weighted by Gasteiger charge is 2.10. The minimum absolute atomic E-state index is 0.329. The number of hydrogen-bond acceptors (Lipinski definition) is 3. The van der Waals surface area contributed by atoms with Crippen LogP contribution in [0.4, 0.5) is 0 Å². The summed E-state index contributed by atoms with van der Waals surface area (Å²) in [6, 6.07) is 12.8. The van der Waals surface area contributed by atoms with Crippen molar-refractivity contribution in [2.24, 2.45) is 0 Å². The summed E-state index contributed by atoms with van der Waals surface area (Å²) in [6.07, 6.45) is 2.06. The third kappa shape index (κ3) is 4.66. The van der Waals surface area contributed by atoms with Crippen molar-refractivity contribution in [2.75, 3.05) is 0 Å². The van der Waals surface area contributed by atoms with Gasteiger partial charge in [-0.2, -0.15) is 0 Å². The molecule has 0 aliphatic rings. The summed E-state index contributed by atoms with van der Waals surface area (Å²) in [5.74, 6) is 0.329. The molecule has 0 aliphatic heterocycles. The fourth-order valence-corrected chi connectivity index (χ4v) is 3.50. The number of nitrogens with one attached hydrogen (secondary N) is 1. The van der Waals surface area contributed by atoms with Gasteiger partial charge < -0.3 is 10.4 Å². The molecule has 108 valence electrons. The van der Waals surface area contributed by atoms with Gasteiger partial charge in [0.2, 0.25) is 0 Å². The molecule has 2 N–H and O–H groups in total. The van der Waals surface area contributed by atoms with Crippen molar-refractivity contribution in [1.29, 1.82) is 0 Å². The lowest BCUT2D eigenvalue weighted by Gasteiger charge is -2.19. The summed E-state index contributed by atoms with van der Waals surface area (Å²) in [5.41, 5.74) is 1.25. The normalized spacial score (nSPS) is 14.2. The Bertz CT molecular complexity index is 532. The maximum absolute atomic E-state index is 9.29. The Morgan fingerprint density at radius 1 is 1.00 bits per heavy atom. The molecule has 1 aromatic carbocycles. The van der Waals surface area contributed by atoms with E-state index in [4.69, 9.17) is 0 Å². The molecule has 0 radical (unpaired) electrons. The predicted molar refractivity (Wildman–Crippen MR) is 86.6 cm³/mol. The van der Waals surface area contributed by atoms with E-state index in [1.165, 1.54) is 15.3 Å². The summed E-state index contributed by atoms with van der Waals surface area (Å²) in [7, 11) is 0. The van der Waals surface area contributed by atoms with Gasteiger partial charge in [0, 0.05) is 21.8 Å². The average Bonchev–Trinajstić information content (AvgIpc) is 2.77. The molecule has 2 rings (SSSR count). The molecular weight excluding hydrogens is 266 g/mol. The van der Waals surface area contributed by atoms with Crippen molar-refractivity contribution in [3.05, 3.63) is 51.7 Å². The highest BCUT2D eigenvalue weighted by atomic mass is 32.1. The lowest BCUT2D eigenvalue weighted by Crippen LogP contribution is -2.37. The van der Waals surface area contributed by atoms with E-state index >= 15 is 0 Å². The van der Waals surface area contributed by atoms with Crippen molar-refractivity contribution in [1.82, 2.24) is 5.32 Å². The van der Waals surface area contributed by atoms with Gasteiger partial charge in [-0.25, -0.2) is 0 Å². The molecule has 2 unspecified atom stereocenters. The first kappa shape index (κ1) is 15.1. The summed E-state index contributed by atoms with van der Waals surface area (Å²) < 4.78 is 0. The van der Waals surface area contributed by atoms with Gasteiger partial charge in [0.05, 0.1) is 0 Å². The molecule has 0 spiro atoms. The second kappa shape index (κ2) is 6.91. The highest BCUT2D eigenvalue weighted by molar-refractivity contribution is 7.11. The quantitative estimate of drug-likeness (QED) is 0.845. The Labute approximate surface area is 125 Å². The number of aromatic hydroxyl groups is 1. The van der Waals surface area contributed by atoms with Crippen LogP contribution < -0.4 is 5.32 Å². The zero-order valence-corrected chi connectivity index (χ0v) is 13.2. The van der Waals surface area contributed by atoms with E-state index in [0.29, 0.717) is 17.8 Å². The molecule has 2 aromatic rings. The van der Waals surface area contributed by atoms with Crippen LogP contribution in [0.3, 0.4) is 0 Å². The van der Waals surface area contributed by atoms with Gasteiger partial charge in [0.25, 0.3) is 0 Å². The molecule has 2 nitrogen and oxygen atoms in total. The van der Waals surface area contributed by atoms with Gasteiger partial charge >= 0.3 is 0 Å². The zero-order chi connectivity index (χ0) is 14.5. The molecule has 1 aromatic heterocycles. The molecule has 0 fully saturated rings. The van der Waals surface area contributed by atoms with E-state index in [2.05, 4.69) is 38.2 Å². The number of phenolic OH excluding ortho intramolecular Hbond substituents is 1. The van der Waals surface area contributed by atoms with Gasteiger partial charge in [-0.15, -0.1) is 11.3 Å². The summed E-state index contributed by atoms with van der Waals surface area (Å²) >= 11 is 1.88. The SMILES string of the molecule is Cc1ccc(CC(C)NC(C)Cc2ccc(O)cc2)s1. The van der Waals surface area contributed by atoms with Crippen molar-refractivity contribution < 1.29 is 5.11 Å². The lowest BCUT2D eigenvalue weighted by molar-refractivity contribution is 0.462. The number of thiophene rings is 1. The molecule has 1 heterocycles. The Morgan fingerprint density at radius 2 is 1.65 bits per heavy atom.